The lowest BCUT2D eigenvalue weighted by Crippen LogP contribution is -1.90. The summed E-state index contributed by atoms with van der Waals surface area (Å²) in [4.78, 5) is -0.0178. The van der Waals surface area contributed by atoms with E-state index in [0.29, 0.717) is 11.5 Å². The highest BCUT2D eigenvalue weighted by molar-refractivity contribution is 8.13. The number of hydrogen-bond acceptors (Lipinski definition) is 3. The van der Waals surface area contributed by atoms with Crippen LogP contribution in [-0.2, 0) is 9.05 Å². The molecule has 0 radical (unpaired) electrons. The van der Waals surface area contributed by atoms with E-state index in [-0.39, 0.29) is 4.90 Å². The van der Waals surface area contributed by atoms with Crippen LogP contribution in [0.1, 0.15) is 0 Å². The smallest absolute Gasteiger partial charge is 0.261 e. The summed E-state index contributed by atoms with van der Waals surface area (Å²) in [5.74, 6) is 0.314. The van der Waals surface area contributed by atoms with Crippen LogP contribution in [0.15, 0.2) is 53.4 Å². The van der Waals surface area contributed by atoms with E-state index < -0.39 is 14.9 Å². The highest BCUT2D eigenvalue weighted by Gasteiger charge is 2.09. The summed E-state index contributed by atoms with van der Waals surface area (Å²) in [5, 5.41) is 0. The van der Waals surface area contributed by atoms with E-state index in [1.54, 1.807) is 6.07 Å². The molecule has 0 atom stereocenters. The first-order valence-electron chi connectivity index (χ1n) is 4.93. The molecule has 0 amide bonds. The topological polar surface area (TPSA) is 43.4 Å². The highest BCUT2D eigenvalue weighted by atomic mass is 35.7. The zero-order chi connectivity index (χ0) is 13.2. The Balaban J connectivity index is 2.21. The van der Waals surface area contributed by atoms with Gasteiger partial charge in [0.15, 0.2) is 0 Å². The zero-order valence-corrected chi connectivity index (χ0v) is 10.6. The Morgan fingerprint density at radius 1 is 1.00 bits per heavy atom. The number of rotatable bonds is 3. The van der Waals surface area contributed by atoms with Crippen molar-refractivity contribution < 1.29 is 17.5 Å². The van der Waals surface area contributed by atoms with E-state index in [1.165, 1.54) is 42.5 Å². The fraction of sp³-hybridized carbons (Fsp3) is 0. The minimum atomic E-state index is -3.74. The minimum absolute atomic E-state index is 0.0178. The fourth-order valence-corrected chi connectivity index (χ4v) is 2.11. The van der Waals surface area contributed by atoms with E-state index in [1.807, 2.05) is 0 Å². The second kappa shape index (κ2) is 4.96. The van der Waals surface area contributed by atoms with E-state index in [2.05, 4.69) is 0 Å². The lowest BCUT2D eigenvalue weighted by atomic mass is 10.3. The Morgan fingerprint density at radius 2 is 1.67 bits per heavy atom. The summed E-state index contributed by atoms with van der Waals surface area (Å²) >= 11 is 0. The van der Waals surface area contributed by atoms with Gasteiger partial charge in [-0.3, -0.25) is 0 Å². The lowest BCUT2D eigenvalue weighted by molar-refractivity contribution is 0.476. The van der Waals surface area contributed by atoms with Gasteiger partial charge in [-0.25, -0.2) is 12.8 Å². The van der Waals surface area contributed by atoms with Crippen molar-refractivity contribution in [2.24, 2.45) is 0 Å². The molecule has 2 aromatic rings. The number of hydrogen-bond donors (Lipinski definition) is 0. The van der Waals surface area contributed by atoms with Crippen molar-refractivity contribution in [3.8, 4) is 11.5 Å². The van der Waals surface area contributed by atoms with Gasteiger partial charge in [-0.05, 0) is 36.4 Å². The summed E-state index contributed by atoms with van der Waals surface area (Å²) in [6.07, 6.45) is 0. The zero-order valence-electron chi connectivity index (χ0n) is 9.01. The molecule has 0 aliphatic rings. The molecule has 94 valence electrons. The Labute approximate surface area is 108 Å². The number of ether oxygens (including phenoxy) is 1. The third-order valence-corrected chi connectivity index (χ3v) is 3.51. The molecule has 2 rings (SSSR count). The van der Waals surface area contributed by atoms with Crippen molar-refractivity contribution in [3.05, 3.63) is 54.3 Å². The van der Waals surface area contributed by atoms with Crippen LogP contribution >= 0.6 is 10.7 Å². The molecule has 0 spiro atoms. The maximum absolute atomic E-state index is 12.9. The van der Waals surface area contributed by atoms with Gasteiger partial charge in [0.1, 0.15) is 17.3 Å². The molecule has 0 N–H and O–H groups in total. The van der Waals surface area contributed by atoms with Crippen LogP contribution in [0, 0.1) is 5.82 Å². The second-order valence-electron chi connectivity index (χ2n) is 3.47. The first-order valence-corrected chi connectivity index (χ1v) is 7.24. The van der Waals surface area contributed by atoms with Gasteiger partial charge in [-0.2, -0.15) is 0 Å². The summed E-state index contributed by atoms with van der Waals surface area (Å²) in [6, 6.07) is 11.2. The van der Waals surface area contributed by atoms with Crippen molar-refractivity contribution in [2.75, 3.05) is 0 Å². The van der Waals surface area contributed by atoms with E-state index in [4.69, 9.17) is 15.4 Å². The highest BCUT2D eigenvalue weighted by Crippen LogP contribution is 2.24. The third kappa shape index (κ3) is 3.21. The molecule has 2 aromatic carbocycles. The van der Waals surface area contributed by atoms with Gasteiger partial charge >= 0.3 is 0 Å². The quantitative estimate of drug-likeness (QED) is 0.811. The Bertz CT molecular complexity index is 653. The average Bonchev–Trinajstić information content (AvgIpc) is 2.28. The first kappa shape index (κ1) is 12.9. The normalized spacial score (nSPS) is 11.2. The van der Waals surface area contributed by atoms with Gasteiger partial charge in [-0.1, -0.05) is 6.07 Å². The average molecular weight is 287 g/mol. The molecule has 0 unspecified atom stereocenters. The fourth-order valence-electron chi connectivity index (χ4n) is 1.34. The minimum Gasteiger partial charge on any atom is -0.457 e. The molecule has 3 nitrogen and oxygen atoms in total. The van der Waals surface area contributed by atoms with Crippen LogP contribution in [0.4, 0.5) is 4.39 Å². The molecule has 6 heteroatoms. The van der Waals surface area contributed by atoms with E-state index in [0.717, 1.165) is 0 Å². The van der Waals surface area contributed by atoms with Gasteiger partial charge in [0.25, 0.3) is 9.05 Å². The molecule has 0 aliphatic carbocycles. The van der Waals surface area contributed by atoms with Crippen LogP contribution in [0.5, 0.6) is 11.5 Å². The van der Waals surface area contributed by atoms with Crippen molar-refractivity contribution in [1.82, 2.24) is 0 Å². The van der Waals surface area contributed by atoms with E-state index in [9.17, 15) is 12.8 Å². The van der Waals surface area contributed by atoms with Crippen molar-refractivity contribution in [2.45, 2.75) is 4.90 Å². The van der Waals surface area contributed by atoms with Crippen molar-refractivity contribution in [3.63, 3.8) is 0 Å². The molecule has 0 saturated heterocycles. The SMILES string of the molecule is O=S(=O)(Cl)c1ccc(Oc2cccc(F)c2)cc1. The van der Waals surface area contributed by atoms with Crippen LogP contribution in [0.3, 0.4) is 0 Å². The molecule has 0 aromatic heterocycles. The summed E-state index contributed by atoms with van der Waals surface area (Å²) in [7, 11) is 1.43. The predicted octanol–water partition coefficient (Wildman–Crippen LogP) is 3.55. The van der Waals surface area contributed by atoms with Gasteiger partial charge in [0, 0.05) is 16.7 Å². The predicted molar refractivity (Wildman–Crippen MR) is 66.0 cm³/mol. The van der Waals surface area contributed by atoms with Crippen LogP contribution in [0.25, 0.3) is 0 Å². The maximum atomic E-state index is 12.9. The Morgan fingerprint density at radius 3 is 2.22 bits per heavy atom. The van der Waals surface area contributed by atoms with Gasteiger partial charge in [-0.15, -0.1) is 0 Å². The molecule has 0 heterocycles. The first-order chi connectivity index (χ1) is 8.45. The van der Waals surface area contributed by atoms with Crippen molar-refractivity contribution >= 4 is 19.7 Å². The molecule has 0 fully saturated rings. The Kier molecular flexibility index (Phi) is 3.54. The summed E-state index contributed by atoms with van der Waals surface area (Å²) in [6.45, 7) is 0. The largest absolute Gasteiger partial charge is 0.457 e. The summed E-state index contributed by atoms with van der Waals surface area (Å²) < 4.78 is 40.3. The van der Waals surface area contributed by atoms with Gasteiger partial charge in [0.05, 0.1) is 4.90 Å². The third-order valence-electron chi connectivity index (χ3n) is 2.14. The molecule has 18 heavy (non-hydrogen) atoms. The van der Waals surface area contributed by atoms with Crippen LogP contribution < -0.4 is 4.74 Å². The lowest BCUT2D eigenvalue weighted by Gasteiger charge is -2.05. The number of halogens is 2. The number of benzene rings is 2. The molecule has 0 aliphatic heterocycles. The summed E-state index contributed by atoms with van der Waals surface area (Å²) in [5.41, 5.74) is 0. The van der Waals surface area contributed by atoms with E-state index >= 15 is 0 Å². The second-order valence-corrected chi connectivity index (χ2v) is 6.03. The van der Waals surface area contributed by atoms with Gasteiger partial charge in [0.2, 0.25) is 0 Å². The standard InChI is InChI=1S/C12H8ClFO3S/c13-18(15,16)12-6-4-10(5-7-12)17-11-3-1-2-9(14)8-11/h1-8H. The molecular formula is C12H8ClFO3S. The maximum Gasteiger partial charge on any atom is 0.261 e. The van der Waals surface area contributed by atoms with Crippen LogP contribution in [-0.4, -0.2) is 8.42 Å². The monoisotopic (exact) mass is 286 g/mol. The van der Waals surface area contributed by atoms with Crippen molar-refractivity contribution in [1.29, 1.82) is 0 Å². The van der Waals surface area contributed by atoms with Gasteiger partial charge < -0.3 is 4.74 Å². The molecular weight excluding hydrogens is 279 g/mol. The Hall–Kier alpha value is -1.59. The van der Waals surface area contributed by atoms with Crippen LogP contribution in [0.2, 0.25) is 0 Å². The molecule has 0 saturated carbocycles. The molecule has 0 bridgehead atoms.